The Morgan fingerprint density at radius 3 is 1.35 bits per heavy atom. The van der Waals surface area contributed by atoms with E-state index in [1.165, 1.54) is 95.2 Å². The van der Waals surface area contributed by atoms with Crippen LogP contribution in [-0.4, -0.2) is 43.2 Å². The molecule has 0 aliphatic heterocycles. The smallest absolute Gasteiger partial charge is 0.235 e. The maximum atomic E-state index is 6.55. The molecule has 0 radical (unpaired) electrons. The third-order valence-corrected chi connectivity index (χ3v) is 27.3. The average Bonchev–Trinajstić information content (AvgIpc) is 1.57. The van der Waals surface area contributed by atoms with Gasteiger partial charge < -0.3 is 8.98 Å². The summed E-state index contributed by atoms with van der Waals surface area (Å²) in [5, 5.41) is 15.7. The maximum Gasteiger partial charge on any atom is 0.235 e. The molecule has 12 heteroatoms. The highest BCUT2D eigenvalue weighted by atomic mass is 32.1. The van der Waals surface area contributed by atoms with E-state index in [2.05, 4.69) is 400 Å². The SMILES string of the molecule is c1ccc(-c2ccc3c4c5oc6ccccc6c5ccc4n(-c4nc(-c5ccccc5)c5ccccc5n4)c3c2)cc1.c1ccc(-c2cccc(-c3ccc(-c4ccnc(-n5c6ccccc6c6c7sc8ccccc8c7ccc65)n4)cc3)c2)cc1.c1ccc(-n2c(-c3cccc(-n4c5ccccc5c5c6sc7ccccc7c6ccc54)c3)nc3ccccc32)cc1. The molecule has 0 saturated carbocycles. The van der Waals surface area contributed by atoms with Gasteiger partial charge in [-0.2, -0.15) is 0 Å². The predicted molar refractivity (Wildman–Crippen MR) is 531 cm³/mol. The summed E-state index contributed by atoms with van der Waals surface area (Å²) in [5.74, 6) is 2.24. The van der Waals surface area contributed by atoms with Crippen molar-refractivity contribution < 1.29 is 4.42 Å². The zero-order chi connectivity index (χ0) is 83.6. The van der Waals surface area contributed by atoms with Gasteiger partial charge in [0.05, 0.1) is 66.4 Å². The number of para-hydroxylation sites is 7. The van der Waals surface area contributed by atoms with Gasteiger partial charge in [0, 0.05) is 118 Å². The van der Waals surface area contributed by atoms with Crippen molar-refractivity contribution in [2.24, 2.45) is 0 Å². The Labute approximate surface area is 736 Å². The molecule has 0 unspecified atom stereocenters. The zero-order valence-electron chi connectivity index (χ0n) is 68.2. The van der Waals surface area contributed by atoms with Gasteiger partial charge in [-0.25, -0.2) is 24.9 Å². The summed E-state index contributed by atoms with van der Waals surface area (Å²) in [4.78, 5) is 25.4. The fourth-order valence-corrected chi connectivity index (χ4v) is 21.6. The molecule has 9 aromatic heterocycles. The van der Waals surface area contributed by atoms with E-state index in [-0.39, 0.29) is 0 Å². The number of thiophene rings is 2. The minimum absolute atomic E-state index is 0.633. The van der Waals surface area contributed by atoms with Gasteiger partial charge in [0.15, 0.2) is 0 Å². The number of fused-ring (bicyclic) bond motifs is 23. The third kappa shape index (κ3) is 12.3. The Morgan fingerprint density at radius 2 is 0.685 bits per heavy atom. The second kappa shape index (κ2) is 30.2. The van der Waals surface area contributed by atoms with Crippen LogP contribution in [0, 0.1) is 0 Å². The first-order chi connectivity index (χ1) is 63.0. The Kier molecular flexibility index (Phi) is 17.4. The topological polar surface area (TPSA) is 97.3 Å². The van der Waals surface area contributed by atoms with E-state index in [0.717, 1.165) is 133 Å². The molecule has 0 aliphatic rings. The molecule has 0 N–H and O–H groups in total. The number of furan rings is 1. The van der Waals surface area contributed by atoms with E-state index in [9.17, 15) is 0 Å². The lowest BCUT2D eigenvalue weighted by molar-refractivity contribution is 0.673. The summed E-state index contributed by atoms with van der Waals surface area (Å²) in [6.45, 7) is 0. The summed E-state index contributed by atoms with van der Waals surface area (Å²) in [6.07, 6.45) is 1.87. The van der Waals surface area contributed by atoms with Crippen LogP contribution in [0.4, 0.5) is 0 Å². The Bertz CT molecular complexity index is 9030. The average molecular weight is 1660 g/mol. The predicted octanol–water partition coefficient (Wildman–Crippen LogP) is 31.1. The number of benzene rings is 18. The molecule has 0 aliphatic carbocycles. The number of imidazole rings is 1. The van der Waals surface area contributed by atoms with Gasteiger partial charge in [0.25, 0.3) is 0 Å². The van der Waals surface area contributed by atoms with E-state index in [1.54, 1.807) is 0 Å². The van der Waals surface area contributed by atoms with Gasteiger partial charge in [-0.1, -0.05) is 309 Å². The van der Waals surface area contributed by atoms with Crippen LogP contribution in [0.25, 0.3) is 240 Å². The highest BCUT2D eigenvalue weighted by Gasteiger charge is 2.26. The summed E-state index contributed by atoms with van der Waals surface area (Å²) in [6, 6.07) is 150. The zero-order valence-corrected chi connectivity index (χ0v) is 69.9. The normalized spacial score (nSPS) is 11.8. The molecule has 0 spiro atoms. The van der Waals surface area contributed by atoms with Crippen LogP contribution < -0.4 is 0 Å². The van der Waals surface area contributed by atoms with Crippen molar-refractivity contribution in [1.29, 1.82) is 0 Å². The molecule has 18 aromatic carbocycles. The highest BCUT2D eigenvalue weighted by molar-refractivity contribution is 7.27. The first kappa shape index (κ1) is 73.2. The molecular weight excluding hydrogens is 1590 g/mol. The van der Waals surface area contributed by atoms with Gasteiger partial charge in [0.2, 0.25) is 11.9 Å². The first-order valence-electron chi connectivity index (χ1n) is 42.7. The molecule has 0 fully saturated rings. The van der Waals surface area contributed by atoms with Crippen LogP contribution >= 0.6 is 22.7 Å². The molecule has 10 nitrogen and oxygen atoms in total. The van der Waals surface area contributed by atoms with E-state index in [0.29, 0.717) is 11.9 Å². The standard InChI is InChI=1S/C40H25N3S.C38H23N3O.C37H23N3S/c1-2-9-26(10-3-1)29-11-8-12-30(25-29)27-17-19-28(20-18-27)34-23-24-41-40(42-34)43-35-15-6-4-14-33(35)38-36(43)22-21-32-31-13-5-7-16-37(31)44-39(32)38;1-3-11-24(12-4-1)26-19-20-30-33(23-26)41(32-22-21-28-27-15-8-10-18-34(27)42-37(28)35(30)32)38-39-31-17-9-7-16-29(31)36(40-38)25-13-5-2-6-14-25;1-2-12-25(13-3-1)40-32-19-8-6-17-30(32)38-37(40)24-11-10-14-26(23-24)39-31-18-7-4-16-29(31)35-33(39)22-21-28-27-15-5-9-20-34(27)41-36(28)35/h1-25H;1-23H;1-23H. The Morgan fingerprint density at radius 1 is 0.228 bits per heavy atom. The van der Waals surface area contributed by atoms with Crippen LogP contribution in [0.15, 0.2) is 435 Å². The monoisotopic (exact) mass is 1660 g/mol. The molecular formula is C115H71N9OS2. The van der Waals surface area contributed by atoms with Crippen LogP contribution in [-0.2, 0) is 0 Å². The highest BCUT2D eigenvalue weighted by Crippen LogP contribution is 2.48. The molecule has 27 rings (SSSR count). The molecule has 127 heavy (non-hydrogen) atoms. The molecule has 0 bridgehead atoms. The summed E-state index contributed by atoms with van der Waals surface area (Å²) in [5.41, 5.74) is 25.8. The van der Waals surface area contributed by atoms with Crippen molar-refractivity contribution in [3.05, 3.63) is 431 Å². The van der Waals surface area contributed by atoms with E-state index < -0.39 is 0 Å². The maximum absolute atomic E-state index is 6.55. The number of hydrogen-bond donors (Lipinski definition) is 0. The fourth-order valence-electron chi connectivity index (χ4n) is 19.1. The Hall–Kier alpha value is -16.5. The molecule has 0 atom stereocenters. The third-order valence-electron chi connectivity index (χ3n) is 24.8. The summed E-state index contributed by atoms with van der Waals surface area (Å²) < 4.78 is 20.9. The van der Waals surface area contributed by atoms with Gasteiger partial charge in [-0.05, 0) is 149 Å². The van der Waals surface area contributed by atoms with Crippen LogP contribution in [0.1, 0.15) is 0 Å². The second-order valence-electron chi connectivity index (χ2n) is 32.1. The van der Waals surface area contributed by atoms with Crippen molar-refractivity contribution >= 4 is 172 Å². The van der Waals surface area contributed by atoms with E-state index in [1.807, 2.05) is 71.3 Å². The lowest BCUT2D eigenvalue weighted by Crippen LogP contribution is -2.03. The molecule has 27 aromatic rings. The fraction of sp³-hybridized carbons (Fsp3) is 0. The van der Waals surface area contributed by atoms with Gasteiger partial charge in [-0.3, -0.25) is 13.7 Å². The molecule has 0 saturated heterocycles. The number of rotatable bonds is 10. The number of nitrogens with zero attached hydrogens (tertiary/aromatic N) is 9. The van der Waals surface area contributed by atoms with Gasteiger partial charge >= 0.3 is 0 Å². The van der Waals surface area contributed by atoms with Crippen molar-refractivity contribution in [3.8, 4) is 90.6 Å². The van der Waals surface area contributed by atoms with Crippen molar-refractivity contribution in [2.45, 2.75) is 0 Å². The minimum atomic E-state index is 0.633. The Balaban J connectivity index is 0.000000104. The van der Waals surface area contributed by atoms with Crippen molar-refractivity contribution in [1.82, 2.24) is 43.2 Å². The second-order valence-corrected chi connectivity index (χ2v) is 34.2. The van der Waals surface area contributed by atoms with Crippen molar-refractivity contribution in [3.63, 3.8) is 0 Å². The largest absolute Gasteiger partial charge is 0.455 e. The molecule has 594 valence electrons. The minimum Gasteiger partial charge on any atom is -0.455 e. The summed E-state index contributed by atoms with van der Waals surface area (Å²) >= 11 is 3.75. The molecule has 0 amide bonds. The lowest BCUT2D eigenvalue weighted by Gasteiger charge is -2.12. The van der Waals surface area contributed by atoms with Crippen molar-refractivity contribution in [2.75, 3.05) is 0 Å². The van der Waals surface area contributed by atoms with E-state index in [4.69, 9.17) is 29.3 Å². The van der Waals surface area contributed by atoms with Gasteiger partial charge in [-0.15, -0.1) is 22.7 Å². The van der Waals surface area contributed by atoms with Crippen LogP contribution in [0.5, 0.6) is 0 Å². The van der Waals surface area contributed by atoms with E-state index >= 15 is 0 Å². The molecule has 9 heterocycles. The van der Waals surface area contributed by atoms with Crippen LogP contribution in [0.3, 0.4) is 0 Å². The first-order valence-corrected chi connectivity index (χ1v) is 44.3. The number of aromatic nitrogens is 9. The number of hydrogen-bond acceptors (Lipinski definition) is 8. The van der Waals surface area contributed by atoms with Gasteiger partial charge in [0.1, 0.15) is 17.0 Å². The van der Waals surface area contributed by atoms with Crippen LogP contribution in [0.2, 0.25) is 0 Å². The summed E-state index contributed by atoms with van der Waals surface area (Å²) in [7, 11) is 0. The lowest BCUT2D eigenvalue weighted by atomic mass is 9.98. The quantitative estimate of drug-likeness (QED) is 0.135.